The highest BCUT2D eigenvalue weighted by atomic mass is 16.3. The molecule has 6 heteroatoms. The lowest BCUT2D eigenvalue weighted by Gasteiger charge is -2.45. The molecule has 5 nitrogen and oxygen atoms in total. The van der Waals surface area contributed by atoms with Gasteiger partial charge in [-0.2, -0.15) is 0 Å². The van der Waals surface area contributed by atoms with E-state index in [9.17, 15) is 0 Å². The largest absolute Gasteiger partial charge is 0.455 e. The highest BCUT2D eigenvalue weighted by Gasteiger charge is 2.46. The number of hydrogen-bond acceptors (Lipinski definition) is 3. The van der Waals surface area contributed by atoms with E-state index in [2.05, 4.69) is 304 Å². The average molecular weight is 1070 g/mol. The van der Waals surface area contributed by atoms with Gasteiger partial charge in [0.15, 0.2) is 0 Å². The molecule has 0 saturated heterocycles. The summed E-state index contributed by atoms with van der Waals surface area (Å²) < 4.78 is 12.3. The van der Waals surface area contributed by atoms with E-state index in [1.165, 1.54) is 65.3 Å². The Hall–Kier alpha value is -11.1. The summed E-state index contributed by atoms with van der Waals surface area (Å²) in [6, 6.07) is 106. The quantitative estimate of drug-likeness (QED) is 0.155. The van der Waals surface area contributed by atoms with E-state index in [-0.39, 0.29) is 6.71 Å². The van der Waals surface area contributed by atoms with Crippen molar-refractivity contribution in [2.75, 3.05) is 9.80 Å². The van der Waals surface area contributed by atoms with Crippen molar-refractivity contribution in [3.8, 4) is 39.1 Å². The summed E-state index contributed by atoms with van der Waals surface area (Å²) >= 11 is 0. The van der Waals surface area contributed by atoms with E-state index in [1.807, 2.05) is 0 Å². The molecule has 17 aromatic rings. The number of para-hydroxylation sites is 7. The molecule has 0 N–H and O–H groups in total. The summed E-state index contributed by atoms with van der Waals surface area (Å²) in [5.74, 6) is 0. The van der Waals surface area contributed by atoms with Gasteiger partial charge >= 0.3 is 0 Å². The molecule has 0 atom stereocenters. The van der Waals surface area contributed by atoms with Crippen molar-refractivity contribution in [1.29, 1.82) is 0 Å². The SMILES string of the molecule is c1ccc(-c2ccccc2N2c3cc4oc5c(-c6ccccc6)cccc5c4cc3B3c4cc5c(cc4N(c4ccccc4-c4ccccc4)c4cc(-n6c7ccccc7c7ccccc76)cc2c43)c2cccc3c4ccccc4n5c32)cc1. The van der Waals surface area contributed by atoms with Crippen molar-refractivity contribution in [3.05, 3.63) is 285 Å². The molecule has 388 valence electrons. The normalized spacial score (nSPS) is 12.9. The summed E-state index contributed by atoms with van der Waals surface area (Å²) in [4.78, 5) is 5.20. The van der Waals surface area contributed by atoms with Crippen LogP contribution in [0.5, 0.6) is 0 Å². The Kier molecular flexibility index (Phi) is 9.36. The van der Waals surface area contributed by atoms with Gasteiger partial charge in [0.1, 0.15) is 11.2 Å². The summed E-state index contributed by atoms with van der Waals surface area (Å²) in [5, 5.41) is 9.63. The smallest absolute Gasteiger partial charge is 0.252 e. The maximum atomic E-state index is 7.29. The molecule has 0 spiro atoms. The Morgan fingerprint density at radius 2 is 0.738 bits per heavy atom. The van der Waals surface area contributed by atoms with Gasteiger partial charge in [0.25, 0.3) is 6.71 Å². The monoisotopic (exact) mass is 1070 g/mol. The minimum atomic E-state index is -0.231. The van der Waals surface area contributed by atoms with E-state index >= 15 is 0 Å². The topological polar surface area (TPSA) is 29.0 Å². The van der Waals surface area contributed by atoms with Crippen molar-refractivity contribution in [1.82, 2.24) is 8.97 Å². The van der Waals surface area contributed by atoms with E-state index < -0.39 is 0 Å². The minimum absolute atomic E-state index is 0.231. The van der Waals surface area contributed by atoms with Gasteiger partial charge in [0.05, 0.1) is 44.6 Å². The van der Waals surface area contributed by atoms with Crippen LogP contribution >= 0.6 is 0 Å². The van der Waals surface area contributed by atoms with Crippen LogP contribution in [0.4, 0.5) is 34.1 Å². The molecule has 0 bridgehead atoms. The molecule has 0 saturated carbocycles. The molecule has 0 unspecified atom stereocenters. The Morgan fingerprint density at radius 1 is 0.286 bits per heavy atom. The maximum Gasteiger partial charge on any atom is 0.252 e. The first-order chi connectivity index (χ1) is 41.7. The molecule has 13 aromatic carbocycles. The second kappa shape index (κ2) is 17.2. The number of anilines is 6. The number of fused-ring (bicyclic) bond motifs is 16. The number of aromatic nitrogens is 2. The molecule has 4 aromatic heterocycles. The summed E-state index contributed by atoms with van der Waals surface area (Å²) in [6.45, 7) is -0.231. The Labute approximate surface area is 483 Å². The molecule has 19 rings (SSSR count). The number of nitrogens with zero attached hydrogens (tertiary/aromatic N) is 4. The van der Waals surface area contributed by atoms with Crippen LogP contribution in [0, 0.1) is 0 Å². The van der Waals surface area contributed by atoms with Gasteiger partial charge < -0.3 is 23.2 Å². The lowest BCUT2D eigenvalue weighted by molar-refractivity contribution is 0.670. The average Bonchev–Trinajstić information content (AvgIpc) is 1.25. The van der Waals surface area contributed by atoms with Crippen LogP contribution in [-0.2, 0) is 0 Å². The third-order valence-electron chi connectivity index (χ3n) is 18.4. The molecule has 0 radical (unpaired) electrons. The van der Waals surface area contributed by atoms with E-state index in [4.69, 9.17) is 4.42 Å². The zero-order valence-electron chi connectivity index (χ0n) is 45.4. The van der Waals surface area contributed by atoms with Gasteiger partial charge in [-0.3, -0.25) is 0 Å². The Balaban J connectivity index is 1.01. The molecule has 0 amide bonds. The summed E-state index contributed by atoms with van der Waals surface area (Å²) in [7, 11) is 0. The summed E-state index contributed by atoms with van der Waals surface area (Å²) in [6.07, 6.45) is 0. The van der Waals surface area contributed by atoms with Crippen LogP contribution in [0.3, 0.4) is 0 Å². The van der Waals surface area contributed by atoms with Gasteiger partial charge in [-0.25, -0.2) is 0 Å². The van der Waals surface area contributed by atoms with Gasteiger partial charge in [0.2, 0.25) is 0 Å². The van der Waals surface area contributed by atoms with Crippen LogP contribution in [0.2, 0.25) is 0 Å². The predicted octanol–water partition coefficient (Wildman–Crippen LogP) is 18.9. The van der Waals surface area contributed by atoms with Gasteiger partial charge in [-0.05, 0) is 87.7 Å². The highest BCUT2D eigenvalue weighted by Crippen LogP contribution is 2.52. The van der Waals surface area contributed by atoms with E-state index in [0.717, 1.165) is 106 Å². The minimum Gasteiger partial charge on any atom is -0.455 e. The molecular weight excluding hydrogens is 1020 g/mol. The zero-order chi connectivity index (χ0) is 54.7. The molecule has 2 aliphatic heterocycles. The lowest BCUT2D eigenvalue weighted by atomic mass is 9.33. The van der Waals surface area contributed by atoms with Crippen molar-refractivity contribution in [2.45, 2.75) is 0 Å². The molecule has 84 heavy (non-hydrogen) atoms. The Bertz CT molecular complexity index is 5530. The van der Waals surface area contributed by atoms with E-state index in [0.29, 0.717) is 0 Å². The van der Waals surface area contributed by atoms with Crippen LogP contribution in [0.25, 0.3) is 121 Å². The second-order valence-corrected chi connectivity index (χ2v) is 22.7. The maximum absolute atomic E-state index is 7.29. The number of benzene rings is 13. The molecule has 6 heterocycles. The van der Waals surface area contributed by atoms with Gasteiger partial charge in [0, 0.05) is 88.6 Å². The third kappa shape index (κ3) is 6.23. The van der Waals surface area contributed by atoms with Crippen LogP contribution in [-0.4, -0.2) is 15.7 Å². The van der Waals surface area contributed by atoms with Crippen LogP contribution in [0.1, 0.15) is 0 Å². The fraction of sp³-hybridized carbons (Fsp3) is 0. The molecule has 2 aliphatic rings. The van der Waals surface area contributed by atoms with Gasteiger partial charge in [-0.1, -0.05) is 224 Å². The van der Waals surface area contributed by atoms with Crippen molar-refractivity contribution in [3.63, 3.8) is 0 Å². The number of hydrogen-bond donors (Lipinski definition) is 0. The molecule has 0 aliphatic carbocycles. The fourth-order valence-corrected chi connectivity index (χ4v) is 14.9. The van der Waals surface area contributed by atoms with E-state index in [1.54, 1.807) is 0 Å². The standard InChI is InChI=1S/C78H47BN4O/c1-4-22-48(23-5-1)52-28-10-15-37-65(52)81-71-45-61-59-35-21-34-58-57-32-14-19-41-69(57)83(77(58)59)70(61)46-64(71)79-63-44-62-60-36-20-33-54(50-26-8-3-9-27-50)78(60)84-75(62)47-72(63)82(66-38-16-11-29-53(66)49-24-6-2-7-25-49)74-43-51(42-73(81)76(74)79)80-67-39-17-12-30-55(67)56-31-13-18-40-68(56)80/h1-47H. The van der Waals surface area contributed by atoms with Crippen molar-refractivity contribution in [2.24, 2.45) is 0 Å². The van der Waals surface area contributed by atoms with Crippen LogP contribution in [0.15, 0.2) is 290 Å². The first kappa shape index (κ1) is 45.6. The van der Waals surface area contributed by atoms with Crippen molar-refractivity contribution < 1.29 is 4.42 Å². The number of furan rings is 1. The first-order valence-electron chi connectivity index (χ1n) is 29.0. The first-order valence-corrected chi connectivity index (χ1v) is 29.0. The second-order valence-electron chi connectivity index (χ2n) is 22.7. The third-order valence-corrected chi connectivity index (χ3v) is 18.4. The van der Waals surface area contributed by atoms with Gasteiger partial charge in [-0.15, -0.1) is 0 Å². The molecule has 0 fully saturated rings. The number of rotatable bonds is 6. The highest BCUT2D eigenvalue weighted by molar-refractivity contribution is 7.00. The lowest BCUT2D eigenvalue weighted by Crippen LogP contribution is -2.61. The van der Waals surface area contributed by atoms with Crippen LogP contribution < -0.4 is 26.2 Å². The van der Waals surface area contributed by atoms with Crippen molar-refractivity contribution >= 4 is 139 Å². The zero-order valence-corrected chi connectivity index (χ0v) is 45.4. The Morgan fingerprint density at radius 3 is 1.36 bits per heavy atom. The summed E-state index contributed by atoms with van der Waals surface area (Å²) in [5.41, 5.74) is 25.9. The fourth-order valence-electron chi connectivity index (χ4n) is 14.9. The predicted molar refractivity (Wildman–Crippen MR) is 353 cm³/mol. The molecular formula is C78H47BN4O.